The third kappa shape index (κ3) is 3.77. The Morgan fingerprint density at radius 1 is 1.67 bits per heavy atom. The molecule has 0 aromatic heterocycles. The van der Waals surface area contributed by atoms with Crippen LogP contribution in [0.5, 0.6) is 0 Å². The van der Waals surface area contributed by atoms with Crippen molar-refractivity contribution in [3.63, 3.8) is 0 Å². The molecule has 1 aliphatic rings. The molecule has 0 radical (unpaired) electrons. The van der Waals surface area contributed by atoms with Crippen molar-refractivity contribution in [2.45, 2.75) is 45.1 Å². The number of amides is 1. The first-order chi connectivity index (χ1) is 7.00. The summed E-state index contributed by atoms with van der Waals surface area (Å²) in [5, 5.41) is 12.0. The lowest BCUT2D eigenvalue weighted by Gasteiger charge is -2.19. The second kappa shape index (κ2) is 5.44. The van der Waals surface area contributed by atoms with Crippen LogP contribution in [0.1, 0.15) is 26.7 Å². The molecule has 88 valence electrons. The van der Waals surface area contributed by atoms with E-state index in [-0.39, 0.29) is 11.9 Å². The minimum absolute atomic E-state index is 0.210. The first kappa shape index (κ1) is 12.4. The summed E-state index contributed by atoms with van der Waals surface area (Å²) in [5.41, 5.74) is 5.71. The van der Waals surface area contributed by atoms with Crippen LogP contribution in [0.25, 0.3) is 0 Å². The van der Waals surface area contributed by atoms with Gasteiger partial charge in [0, 0.05) is 0 Å². The zero-order valence-electron chi connectivity index (χ0n) is 9.27. The van der Waals surface area contributed by atoms with Crippen molar-refractivity contribution in [1.82, 2.24) is 5.32 Å². The molecule has 0 aromatic carbocycles. The average Bonchev–Trinajstić information content (AvgIpc) is 2.50. The number of hydrogen-bond acceptors (Lipinski definition) is 4. The van der Waals surface area contributed by atoms with Crippen molar-refractivity contribution < 1.29 is 14.6 Å². The van der Waals surface area contributed by atoms with Gasteiger partial charge in [-0.2, -0.15) is 0 Å². The van der Waals surface area contributed by atoms with Crippen LogP contribution >= 0.6 is 0 Å². The number of hydrogen-bond donors (Lipinski definition) is 3. The van der Waals surface area contributed by atoms with Gasteiger partial charge < -0.3 is 20.9 Å². The Kier molecular flexibility index (Phi) is 4.50. The highest BCUT2D eigenvalue weighted by Crippen LogP contribution is 2.11. The van der Waals surface area contributed by atoms with Crippen LogP contribution < -0.4 is 11.1 Å². The van der Waals surface area contributed by atoms with Crippen molar-refractivity contribution in [2.24, 2.45) is 11.7 Å². The summed E-state index contributed by atoms with van der Waals surface area (Å²) < 4.78 is 4.93. The molecule has 1 rings (SSSR count). The predicted molar refractivity (Wildman–Crippen MR) is 55.9 cm³/mol. The molecule has 5 nitrogen and oxygen atoms in total. The lowest BCUT2D eigenvalue weighted by Crippen LogP contribution is -2.48. The summed E-state index contributed by atoms with van der Waals surface area (Å²) in [4.78, 5) is 11.6. The molecule has 0 bridgehead atoms. The van der Waals surface area contributed by atoms with E-state index in [1.807, 2.05) is 13.8 Å². The Morgan fingerprint density at radius 3 is 2.80 bits per heavy atom. The van der Waals surface area contributed by atoms with E-state index >= 15 is 0 Å². The Morgan fingerprint density at radius 2 is 2.33 bits per heavy atom. The molecule has 0 spiro atoms. The second-order valence-electron chi connectivity index (χ2n) is 4.40. The van der Waals surface area contributed by atoms with Crippen LogP contribution in [0.4, 0.5) is 0 Å². The van der Waals surface area contributed by atoms with Gasteiger partial charge >= 0.3 is 0 Å². The van der Waals surface area contributed by atoms with E-state index in [1.165, 1.54) is 0 Å². The fraction of sp³-hybridized carbons (Fsp3) is 0.900. The molecule has 0 saturated carbocycles. The highest BCUT2D eigenvalue weighted by molar-refractivity contribution is 5.81. The fourth-order valence-electron chi connectivity index (χ4n) is 1.62. The summed E-state index contributed by atoms with van der Waals surface area (Å²) in [7, 11) is 0. The number of aliphatic hydroxyl groups excluding tert-OH is 1. The minimum atomic E-state index is -0.889. The summed E-state index contributed by atoms with van der Waals surface area (Å²) in [6, 6.07) is -0.812. The quantitative estimate of drug-likeness (QED) is 0.596. The molecule has 0 aliphatic carbocycles. The third-order valence-electron chi connectivity index (χ3n) is 2.45. The molecular weight excluding hydrogens is 196 g/mol. The topological polar surface area (TPSA) is 84.6 Å². The Labute approximate surface area is 90.0 Å². The molecular formula is C10H20N2O3. The standard InChI is InChI=1S/C10H20N2O3/c1-6(2)5-7(11)9(13)12-8-3-4-15-10(8)14/h6-8,10,14H,3-5,11H2,1-2H3,(H,12,13)/t7?,8-,10?/m0/s1. The molecule has 15 heavy (non-hydrogen) atoms. The SMILES string of the molecule is CC(C)CC(N)C(=O)N[C@H]1CCOC1O. The minimum Gasteiger partial charge on any atom is -0.366 e. The van der Waals surface area contributed by atoms with E-state index < -0.39 is 12.3 Å². The van der Waals surface area contributed by atoms with Gasteiger partial charge in [0.1, 0.15) is 0 Å². The smallest absolute Gasteiger partial charge is 0.237 e. The van der Waals surface area contributed by atoms with Gasteiger partial charge in [0.15, 0.2) is 6.29 Å². The Bertz CT molecular complexity index is 221. The fourth-order valence-corrected chi connectivity index (χ4v) is 1.62. The predicted octanol–water partition coefficient (Wildman–Crippen LogP) is -0.417. The maximum atomic E-state index is 11.6. The van der Waals surface area contributed by atoms with Crippen LogP contribution in [-0.2, 0) is 9.53 Å². The molecule has 1 aliphatic heterocycles. The Hall–Kier alpha value is -0.650. The third-order valence-corrected chi connectivity index (χ3v) is 2.45. The number of rotatable bonds is 4. The van der Waals surface area contributed by atoms with Gasteiger partial charge in [0.2, 0.25) is 5.91 Å². The van der Waals surface area contributed by atoms with Gasteiger partial charge in [0.25, 0.3) is 0 Å². The normalized spacial score (nSPS) is 28.1. The van der Waals surface area contributed by atoms with Gasteiger partial charge in [-0.25, -0.2) is 0 Å². The van der Waals surface area contributed by atoms with Crippen molar-refractivity contribution in [1.29, 1.82) is 0 Å². The lowest BCUT2D eigenvalue weighted by atomic mass is 10.0. The molecule has 1 amide bonds. The summed E-state index contributed by atoms with van der Waals surface area (Å²) >= 11 is 0. The average molecular weight is 216 g/mol. The maximum Gasteiger partial charge on any atom is 0.237 e. The molecule has 3 atom stereocenters. The molecule has 2 unspecified atom stereocenters. The van der Waals surface area contributed by atoms with E-state index in [4.69, 9.17) is 10.5 Å². The summed E-state index contributed by atoms with van der Waals surface area (Å²) in [6.07, 6.45) is 0.400. The first-order valence-corrected chi connectivity index (χ1v) is 5.36. The van der Waals surface area contributed by atoms with E-state index in [1.54, 1.807) is 0 Å². The number of carbonyl (C=O) groups excluding carboxylic acids is 1. The van der Waals surface area contributed by atoms with E-state index in [0.717, 1.165) is 0 Å². The van der Waals surface area contributed by atoms with E-state index in [2.05, 4.69) is 5.32 Å². The van der Waals surface area contributed by atoms with Gasteiger partial charge in [0.05, 0.1) is 18.7 Å². The summed E-state index contributed by atoms with van der Waals surface area (Å²) in [5.74, 6) is 0.175. The Balaban J connectivity index is 2.34. The van der Waals surface area contributed by atoms with Crippen LogP contribution in [-0.4, -0.2) is 36.0 Å². The largest absolute Gasteiger partial charge is 0.366 e. The van der Waals surface area contributed by atoms with Crippen molar-refractivity contribution in [3.05, 3.63) is 0 Å². The molecule has 5 heteroatoms. The van der Waals surface area contributed by atoms with E-state index in [9.17, 15) is 9.90 Å². The maximum absolute atomic E-state index is 11.6. The second-order valence-corrected chi connectivity index (χ2v) is 4.40. The van der Waals surface area contributed by atoms with Gasteiger partial charge in [-0.15, -0.1) is 0 Å². The number of carbonyl (C=O) groups is 1. The van der Waals surface area contributed by atoms with Crippen LogP contribution in [0.2, 0.25) is 0 Å². The monoisotopic (exact) mass is 216 g/mol. The number of aliphatic hydroxyl groups is 1. The van der Waals surface area contributed by atoms with Gasteiger partial charge in [-0.3, -0.25) is 4.79 Å². The summed E-state index contributed by atoms with van der Waals surface area (Å²) in [6.45, 7) is 4.51. The molecule has 1 fully saturated rings. The molecule has 4 N–H and O–H groups in total. The van der Waals surface area contributed by atoms with Crippen LogP contribution in [0.15, 0.2) is 0 Å². The van der Waals surface area contributed by atoms with Crippen molar-refractivity contribution in [3.8, 4) is 0 Å². The van der Waals surface area contributed by atoms with Crippen LogP contribution in [0, 0.1) is 5.92 Å². The highest BCUT2D eigenvalue weighted by atomic mass is 16.6. The van der Waals surface area contributed by atoms with Gasteiger partial charge in [-0.05, 0) is 18.8 Å². The number of ether oxygens (including phenoxy) is 1. The molecule has 1 saturated heterocycles. The van der Waals surface area contributed by atoms with E-state index in [0.29, 0.717) is 25.4 Å². The lowest BCUT2D eigenvalue weighted by molar-refractivity contribution is -0.126. The van der Waals surface area contributed by atoms with Crippen molar-refractivity contribution >= 4 is 5.91 Å². The number of nitrogens with two attached hydrogens (primary N) is 1. The molecule has 0 aromatic rings. The van der Waals surface area contributed by atoms with Crippen LogP contribution in [0.3, 0.4) is 0 Å². The van der Waals surface area contributed by atoms with Gasteiger partial charge in [-0.1, -0.05) is 13.8 Å². The van der Waals surface area contributed by atoms with Crippen molar-refractivity contribution in [2.75, 3.05) is 6.61 Å². The zero-order chi connectivity index (χ0) is 11.4. The highest BCUT2D eigenvalue weighted by Gasteiger charge is 2.29. The molecule has 1 heterocycles. The number of nitrogens with one attached hydrogen (secondary N) is 1. The zero-order valence-corrected chi connectivity index (χ0v) is 9.27. The first-order valence-electron chi connectivity index (χ1n) is 5.36.